The number of aryl methyl sites for hydroxylation is 1. The molecular weight excluding hydrogens is 310 g/mol. The van der Waals surface area contributed by atoms with Crippen molar-refractivity contribution < 1.29 is 10.1 Å². The van der Waals surface area contributed by atoms with E-state index in [1.807, 2.05) is 0 Å². The molecule has 0 amide bonds. The zero-order chi connectivity index (χ0) is 16.6. The molecule has 0 saturated heterocycles. The van der Waals surface area contributed by atoms with Crippen molar-refractivity contribution in [2.75, 3.05) is 13.7 Å². The minimum Gasteiger partial charge on any atom is -0.379 e. The average molecular weight is 336 g/mol. The summed E-state index contributed by atoms with van der Waals surface area (Å²) in [5.41, 5.74) is 1.27. The number of nitrogens with one attached hydrogen (secondary N) is 1. The Labute approximate surface area is 140 Å². The highest BCUT2D eigenvalue weighted by Crippen LogP contribution is 2.35. The molecule has 23 heavy (non-hydrogen) atoms. The maximum Gasteiger partial charge on any atom is 0.260 e. The van der Waals surface area contributed by atoms with Crippen LogP contribution in [0.4, 0.5) is 0 Å². The minimum atomic E-state index is 0.0247. The highest BCUT2D eigenvalue weighted by atomic mass is 32.1. The molecule has 0 bridgehead atoms. The number of quaternary nitrogens is 1. The van der Waals surface area contributed by atoms with Crippen molar-refractivity contribution in [3.63, 3.8) is 0 Å². The number of H-pyrrole nitrogens is 1. The summed E-state index contributed by atoms with van der Waals surface area (Å²) in [6.07, 6.45) is 3.25. The highest BCUT2D eigenvalue weighted by Gasteiger charge is 2.24. The second-order valence-electron chi connectivity index (χ2n) is 6.90. The first-order valence-electron chi connectivity index (χ1n) is 8.38. The van der Waals surface area contributed by atoms with Crippen LogP contribution in [-0.2, 0) is 17.6 Å². The van der Waals surface area contributed by atoms with Crippen LogP contribution in [0, 0.1) is 5.92 Å². The number of rotatable bonds is 5. The quantitative estimate of drug-likeness (QED) is 0.874. The van der Waals surface area contributed by atoms with Crippen molar-refractivity contribution in [2.45, 2.75) is 52.1 Å². The average Bonchev–Trinajstić information content (AvgIpc) is 2.84. The van der Waals surface area contributed by atoms with Gasteiger partial charge in [-0.15, -0.1) is 11.3 Å². The van der Waals surface area contributed by atoms with Gasteiger partial charge in [-0.2, -0.15) is 0 Å². The van der Waals surface area contributed by atoms with Gasteiger partial charge >= 0.3 is 0 Å². The van der Waals surface area contributed by atoms with E-state index in [2.05, 4.69) is 31.1 Å². The van der Waals surface area contributed by atoms with Crippen LogP contribution < -0.4 is 10.9 Å². The van der Waals surface area contributed by atoms with Crippen molar-refractivity contribution in [1.82, 2.24) is 9.97 Å². The van der Waals surface area contributed by atoms with Crippen molar-refractivity contribution in [1.29, 1.82) is 0 Å². The summed E-state index contributed by atoms with van der Waals surface area (Å²) in [7, 11) is 1.71. The first-order valence-corrected chi connectivity index (χ1v) is 9.19. The topological polar surface area (TPSA) is 71.6 Å². The molecule has 3 N–H and O–H groups in total. The van der Waals surface area contributed by atoms with Gasteiger partial charge in [0, 0.05) is 12.0 Å². The molecule has 1 aliphatic rings. The van der Waals surface area contributed by atoms with Gasteiger partial charge < -0.3 is 15.0 Å². The molecule has 0 aromatic carbocycles. The van der Waals surface area contributed by atoms with Gasteiger partial charge in [0.1, 0.15) is 16.9 Å². The standard InChI is InChI=1S/C17H25N3O2S/c1-9-5-6-12-13(7-9)23-17-14(12)16(21)19-15(20-17)11(3)18-10(2)8-22-4/h9-11,18H,5-8H2,1-4H3,(H,19,20,21)/p+1/t9-,10-,11-/m0/s1. The fraction of sp³-hybridized carbons (Fsp3) is 0.647. The second-order valence-corrected chi connectivity index (χ2v) is 7.98. The summed E-state index contributed by atoms with van der Waals surface area (Å²) in [4.78, 5) is 22.7. The summed E-state index contributed by atoms with van der Waals surface area (Å²) in [6.45, 7) is 7.15. The molecule has 0 fully saturated rings. The lowest BCUT2D eigenvalue weighted by molar-refractivity contribution is -0.724. The third kappa shape index (κ3) is 3.34. The van der Waals surface area contributed by atoms with E-state index in [4.69, 9.17) is 9.72 Å². The number of nitrogens with two attached hydrogens (primary N) is 1. The molecule has 0 spiro atoms. The third-order valence-corrected chi connectivity index (χ3v) is 5.81. The van der Waals surface area contributed by atoms with Crippen LogP contribution >= 0.6 is 11.3 Å². The van der Waals surface area contributed by atoms with Gasteiger partial charge in [-0.1, -0.05) is 6.92 Å². The third-order valence-electron chi connectivity index (χ3n) is 4.66. The highest BCUT2D eigenvalue weighted by molar-refractivity contribution is 7.18. The number of aromatic amines is 1. The molecule has 6 heteroatoms. The van der Waals surface area contributed by atoms with E-state index >= 15 is 0 Å². The Hall–Kier alpha value is -1.24. The van der Waals surface area contributed by atoms with Gasteiger partial charge in [0.25, 0.3) is 5.56 Å². The lowest BCUT2D eigenvalue weighted by Crippen LogP contribution is -2.90. The zero-order valence-corrected chi connectivity index (χ0v) is 15.1. The van der Waals surface area contributed by atoms with Crippen molar-refractivity contribution in [3.8, 4) is 0 Å². The van der Waals surface area contributed by atoms with E-state index in [1.165, 1.54) is 16.9 Å². The van der Waals surface area contributed by atoms with E-state index in [1.54, 1.807) is 18.4 Å². The number of thiophene rings is 1. The number of hydrogen-bond donors (Lipinski definition) is 2. The van der Waals surface area contributed by atoms with E-state index < -0.39 is 0 Å². The molecule has 2 heterocycles. The van der Waals surface area contributed by atoms with Crippen molar-refractivity contribution >= 4 is 21.6 Å². The Morgan fingerprint density at radius 2 is 2.26 bits per heavy atom. The molecule has 0 unspecified atom stereocenters. The number of nitrogens with zero attached hydrogens (tertiary/aromatic N) is 1. The fourth-order valence-corrected chi connectivity index (χ4v) is 4.87. The predicted molar refractivity (Wildman–Crippen MR) is 93.1 cm³/mol. The summed E-state index contributed by atoms with van der Waals surface area (Å²) >= 11 is 1.71. The molecule has 3 rings (SSSR count). The normalized spacial score (nSPS) is 20.4. The number of methoxy groups -OCH3 is 1. The van der Waals surface area contributed by atoms with Crippen LogP contribution in [0.25, 0.3) is 10.2 Å². The van der Waals surface area contributed by atoms with Crippen LogP contribution in [0.15, 0.2) is 4.79 Å². The zero-order valence-electron chi connectivity index (χ0n) is 14.3. The summed E-state index contributed by atoms with van der Waals surface area (Å²) in [5.74, 6) is 1.47. The van der Waals surface area contributed by atoms with E-state index in [-0.39, 0.29) is 11.6 Å². The van der Waals surface area contributed by atoms with Crippen LogP contribution in [0.1, 0.15) is 49.5 Å². The number of fused-ring (bicyclic) bond motifs is 3. The molecule has 5 nitrogen and oxygen atoms in total. The Morgan fingerprint density at radius 1 is 1.48 bits per heavy atom. The van der Waals surface area contributed by atoms with Crippen LogP contribution in [0.2, 0.25) is 0 Å². The maximum atomic E-state index is 12.6. The monoisotopic (exact) mass is 336 g/mol. The molecule has 2 aromatic rings. The number of hydrogen-bond acceptors (Lipinski definition) is 4. The van der Waals surface area contributed by atoms with Gasteiger partial charge in [-0.3, -0.25) is 4.79 Å². The smallest absolute Gasteiger partial charge is 0.260 e. The Bertz CT molecular complexity index is 752. The van der Waals surface area contributed by atoms with Crippen molar-refractivity contribution in [3.05, 3.63) is 26.6 Å². The lowest BCUT2D eigenvalue weighted by Gasteiger charge is -2.17. The second kappa shape index (κ2) is 6.71. The first kappa shape index (κ1) is 16.6. The SMILES string of the molecule is COC[C@H](C)[NH2+][C@@H](C)c1nc2sc3c(c2c(=O)[nH]1)CC[C@H](C)C3. The molecule has 0 saturated carbocycles. The largest absolute Gasteiger partial charge is 0.379 e. The molecule has 126 valence electrons. The number of ether oxygens (including phenoxy) is 1. The Balaban J connectivity index is 1.94. The molecule has 0 aliphatic heterocycles. The summed E-state index contributed by atoms with van der Waals surface area (Å²) in [6, 6.07) is 0.434. The van der Waals surface area contributed by atoms with Gasteiger partial charge in [-0.25, -0.2) is 4.98 Å². The van der Waals surface area contributed by atoms with Gasteiger partial charge in [0.05, 0.1) is 12.0 Å². The molecule has 1 aliphatic carbocycles. The minimum absolute atomic E-state index is 0.0247. The predicted octanol–water partition coefficient (Wildman–Crippen LogP) is 1.77. The van der Waals surface area contributed by atoms with E-state index in [9.17, 15) is 4.79 Å². The van der Waals surface area contributed by atoms with Crippen LogP contribution in [0.3, 0.4) is 0 Å². The molecular formula is C17H26N3O2S+. The Kier molecular flexibility index (Phi) is 4.85. The number of aromatic nitrogens is 2. The van der Waals surface area contributed by atoms with Gasteiger partial charge in [0.2, 0.25) is 0 Å². The molecule has 3 atom stereocenters. The summed E-state index contributed by atoms with van der Waals surface area (Å²) in [5, 5.41) is 3.02. The van der Waals surface area contributed by atoms with Crippen LogP contribution in [-0.4, -0.2) is 29.7 Å². The van der Waals surface area contributed by atoms with Crippen molar-refractivity contribution in [2.24, 2.45) is 5.92 Å². The summed E-state index contributed by atoms with van der Waals surface area (Å²) < 4.78 is 5.18. The van der Waals surface area contributed by atoms with E-state index in [0.717, 1.165) is 28.9 Å². The molecule has 2 aromatic heterocycles. The maximum absolute atomic E-state index is 12.6. The first-order chi connectivity index (χ1) is 11.0. The lowest BCUT2D eigenvalue weighted by atomic mass is 9.89. The van der Waals surface area contributed by atoms with Crippen LogP contribution in [0.5, 0.6) is 0 Å². The fourth-order valence-electron chi connectivity index (χ4n) is 3.48. The van der Waals surface area contributed by atoms with Gasteiger partial charge in [-0.05, 0) is 44.6 Å². The molecule has 0 radical (unpaired) electrons. The van der Waals surface area contributed by atoms with Gasteiger partial charge in [0.15, 0.2) is 5.82 Å². The van der Waals surface area contributed by atoms with E-state index in [0.29, 0.717) is 18.6 Å². The Morgan fingerprint density at radius 3 is 3.00 bits per heavy atom.